The average molecular weight is 225 g/mol. The Labute approximate surface area is 90.0 Å². The molecule has 3 N–H and O–H groups in total. The summed E-state index contributed by atoms with van der Waals surface area (Å²) < 4.78 is 0. The summed E-state index contributed by atoms with van der Waals surface area (Å²) in [7, 11) is 0. The van der Waals surface area contributed by atoms with Gasteiger partial charge in [-0.2, -0.15) is 10.4 Å². The first kappa shape index (κ1) is 10.6. The van der Waals surface area contributed by atoms with Gasteiger partial charge in [0.25, 0.3) is 0 Å². The SMILES string of the molecule is OCCN(Cc1nn[nH]n1)Cc1nn[nH]n1. The molecule has 0 saturated heterocycles. The summed E-state index contributed by atoms with van der Waals surface area (Å²) >= 11 is 0. The standard InChI is InChI=1S/C6H11N9O/c16-2-1-15(3-5-7-11-12-8-5)4-6-9-13-14-10-6/h16H,1-4H2,(H,7,8,11,12)(H,9,10,13,14). The van der Waals surface area contributed by atoms with Gasteiger partial charge in [-0.15, -0.1) is 20.4 Å². The zero-order valence-electron chi connectivity index (χ0n) is 8.41. The summed E-state index contributed by atoms with van der Waals surface area (Å²) in [5, 5.41) is 35.9. The van der Waals surface area contributed by atoms with Crippen molar-refractivity contribution in [1.29, 1.82) is 0 Å². The molecule has 0 unspecified atom stereocenters. The van der Waals surface area contributed by atoms with Crippen molar-refractivity contribution in [3.8, 4) is 0 Å². The fraction of sp³-hybridized carbons (Fsp3) is 0.667. The Bertz CT molecular complexity index is 348. The second-order valence-electron chi connectivity index (χ2n) is 3.09. The minimum atomic E-state index is 0.0374. The lowest BCUT2D eigenvalue weighted by molar-refractivity contribution is 0.178. The molecule has 0 radical (unpaired) electrons. The van der Waals surface area contributed by atoms with E-state index in [1.165, 1.54) is 0 Å². The Balaban J connectivity index is 1.94. The van der Waals surface area contributed by atoms with Crippen molar-refractivity contribution in [1.82, 2.24) is 46.1 Å². The van der Waals surface area contributed by atoms with E-state index >= 15 is 0 Å². The molecule has 16 heavy (non-hydrogen) atoms. The fourth-order valence-corrected chi connectivity index (χ4v) is 1.25. The van der Waals surface area contributed by atoms with Crippen LogP contribution in [0, 0.1) is 0 Å². The van der Waals surface area contributed by atoms with E-state index in [0.717, 1.165) is 0 Å². The Morgan fingerprint density at radius 2 is 1.56 bits per heavy atom. The van der Waals surface area contributed by atoms with E-state index in [1.54, 1.807) is 0 Å². The predicted octanol–water partition coefficient (Wildman–Crippen LogP) is -2.29. The molecule has 0 amide bonds. The van der Waals surface area contributed by atoms with Gasteiger partial charge >= 0.3 is 0 Å². The van der Waals surface area contributed by atoms with E-state index in [4.69, 9.17) is 5.11 Å². The molecule has 0 aliphatic carbocycles. The largest absolute Gasteiger partial charge is 0.395 e. The van der Waals surface area contributed by atoms with E-state index in [1.807, 2.05) is 4.90 Å². The van der Waals surface area contributed by atoms with E-state index in [-0.39, 0.29) is 6.61 Å². The minimum Gasteiger partial charge on any atom is -0.395 e. The van der Waals surface area contributed by atoms with Crippen LogP contribution in [-0.4, -0.2) is 64.4 Å². The lowest BCUT2D eigenvalue weighted by atomic mass is 10.4. The van der Waals surface area contributed by atoms with Crippen LogP contribution in [0.4, 0.5) is 0 Å². The number of rotatable bonds is 6. The smallest absolute Gasteiger partial charge is 0.188 e. The van der Waals surface area contributed by atoms with Crippen molar-refractivity contribution >= 4 is 0 Å². The van der Waals surface area contributed by atoms with Crippen molar-refractivity contribution in [3.63, 3.8) is 0 Å². The number of hydrogen-bond acceptors (Lipinski definition) is 8. The van der Waals surface area contributed by atoms with Gasteiger partial charge in [0.1, 0.15) is 0 Å². The minimum absolute atomic E-state index is 0.0374. The van der Waals surface area contributed by atoms with Crippen LogP contribution in [0.2, 0.25) is 0 Å². The van der Waals surface area contributed by atoms with Gasteiger partial charge in [0.2, 0.25) is 0 Å². The van der Waals surface area contributed by atoms with Crippen molar-refractivity contribution in [2.75, 3.05) is 13.2 Å². The maximum Gasteiger partial charge on any atom is 0.188 e. The number of aromatic amines is 2. The molecule has 0 atom stereocenters. The van der Waals surface area contributed by atoms with Crippen LogP contribution in [0.1, 0.15) is 11.6 Å². The Hall–Kier alpha value is -1.94. The van der Waals surface area contributed by atoms with Gasteiger partial charge in [-0.3, -0.25) is 4.90 Å². The van der Waals surface area contributed by atoms with Crippen LogP contribution >= 0.6 is 0 Å². The second kappa shape index (κ2) is 5.23. The third-order valence-corrected chi connectivity index (χ3v) is 1.92. The molecule has 10 nitrogen and oxygen atoms in total. The number of tetrazole rings is 2. The van der Waals surface area contributed by atoms with Crippen LogP contribution in [0.15, 0.2) is 0 Å². The molecule has 2 aromatic heterocycles. The number of aliphatic hydroxyl groups is 1. The summed E-state index contributed by atoms with van der Waals surface area (Å²) in [6, 6.07) is 0. The predicted molar refractivity (Wildman–Crippen MR) is 49.6 cm³/mol. The fourth-order valence-electron chi connectivity index (χ4n) is 1.25. The number of aromatic nitrogens is 8. The zero-order valence-corrected chi connectivity index (χ0v) is 8.41. The lowest BCUT2D eigenvalue weighted by Crippen LogP contribution is -2.27. The van der Waals surface area contributed by atoms with Gasteiger partial charge in [0.15, 0.2) is 11.6 Å². The summed E-state index contributed by atoms with van der Waals surface area (Å²) in [6.45, 7) is 1.44. The van der Waals surface area contributed by atoms with E-state index in [0.29, 0.717) is 31.3 Å². The van der Waals surface area contributed by atoms with Gasteiger partial charge in [-0.25, -0.2) is 0 Å². The molecular weight excluding hydrogens is 214 g/mol. The van der Waals surface area contributed by atoms with Crippen molar-refractivity contribution in [3.05, 3.63) is 11.6 Å². The molecule has 0 saturated carbocycles. The molecule has 2 heterocycles. The molecule has 86 valence electrons. The van der Waals surface area contributed by atoms with Crippen LogP contribution in [0.25, 0.3) is 0 Å². The third-order valence-electron chi connectivity index (χ3n) is 1.92. The quantitative estimate of drug-likeness (QED) is 0.500. The van der Waals surface area contributed by atoms with E-state index in [2.05, 4.69) is 41.2 Å². The van der Waals surface area contributed by atoms with Crippen molar-refractivity contribution in [2.24, 2.45) is 0 Å². The average Bonchev–Trinajstić information content (AvgIpc) is 2.91. The van der Waals surface area contributed by atoms with E-state index in [9.17, 15) is 0 Å². The normalized spacial score (nSPS) is 11.1. The maximum atomic E-state index is 8.92. The Kier molecular flexibility index (Phi) is 3.46. The first-order valence-electron chi connectivity index (χ1n) is 4.66. The highest BCUT2D eigenvalue weighted by Crippen LogP contribution is 2.00. The summed E-state index contributed by atoms with van der Waals surface area (Å²) in [5.74, 6) is 1.11. The number of aliphatic hydroxyl groups excluding tert-OH is 1. The van der Waals surface area contributed by atoms with Crippen LogP contribution in [0.3, 0.4) is 0 Å². The Morgan fingerprint density at radius 3 is 1.94 bits per heavy atom. The first-order chi connectivity index (χ1) is 7.88. The zero-order chi connectivity index (χ0) is 11.2. The van der Waals surface area contributed by atoms with Crippen LogP contribution < -0.4 is 0 Å². The highest BCUT2D eigenvalue weighted by molar-refractivity contribution is 4.81. The molecule has 0 aliphatic heterocycles. The molecule has 10 heteroatoms. The molecule has 2 rings (SSSR count). The Morgan fingerprint density at radius 1 is 1.00 bits per heavy atom. The summed E-state index contributed by atoms with van der Waals surface area (Å²) in [4.78, 5) is 1.88. The van der Waals surface area contributed by atoms with Crippen LogP contribution in [0.5, 0.6) is 0 Å². The number of hydrogen-bond donors (Lipinski definition) is 3. The molecule has 0 aromatic carbocycles. The van der Waals surface area contributed by atoms with Gasteiger partial charge in [0.05, 0.1) is 19.7 Å². The third kappa shape index (κ3) is 2.77. The van der Waals surface area contributed by atoms with Crippen molar-refractivity contribution < 1.29 is 5.11 Å². The van der Waals surface area contributed by atoms with E-state index < -0.39 is 0 Å². The second-order valence-corrected chi connectivity index (χ2v) is 3.09. The first-order valence-corrected chi connectivity index (χ1v) is 4.66. The molecule has 0 aliphatic rings. The summed E-state index contributed by atoms with van der Waals surface area (Å²) in [6.07, 6.45) is 0. The van der Waals surface area contributed by atoms with Gasteiger partial charge in [-0.1, -0.05) is 10.4 Å². The van der Waals surface area contributed by atoms with Gasteiger partial charge < -0.3 is 5.11 Å². The monoisotopic (exact) mass is 225 g/mol. The maximum absolute atomic E-state index is 8.92. The van der Waals surface area contributed by atoms with Gasteiger partial charge in [-0.05, 0) is 0 Å². The molecule has 0 bridgehead atoms. The van der Waals surface area contributed by atoms with Crippen LogP contribution in [-0.2, 0) is 13.1 Å². The topological polar surface area (TPSA) is 132 Å². The number of nitrogens with one attached hydrogen (secondary N) is 2. The van der Waals surface area contributed by atoms with Gasteiger partial charge in [0, 0.05) is 6.54 Å². The molecule has 0 fully saturated rings. The highest BCUT2D eigenvalue weighted by atomic mass is 16.3. The number of nitrogens with zero attached hydrogens (tertiary/aromatic N) is 7. The van der Waals surface area contributed by atoms with Crippen molar-refractivity contribution in [2.45, 2.75) is 13.1 Å². The molecule has 0 spiro atoms. The highest BCUT2D eigenvalue weighted by Gasteiger charge is 2.11. The summed E-state index contributed by atoms with van der Waals surface area (Å²) in [5.41, 5.74) is 0. The molecular formula is C6H11N9O. The lowest BCUT2D eigenvalue weighted by Gasteiger charge is -2.16. The molecule has 2 aromatic rings. The number of H-pyrrole nitrogens is 2.